The van der Waals surface area contributed by atoms with Crippen LogP contribution in [0.15, 0.2) is 12.1 Å². The smallest absolute Gasteiger partial charge is 0.127 e. The second kappa shape index (κ2) is 5.51. The molecular weight excluding hydrogens is 238 g/mol. The Bertz CT molecular complexity index is 449. The van der Waals surface area contributed by atoms with Gasteiger partial charge in [-0.05, 0) is 42.4 Å². The lowest BCUT2D eigenvalue weighted by molar-refractivity contribution is 0.0579. The number of benzene rings is 1. The van der Waals surface area contributed by atoms with Crippen LogP contribution >= 0.6 is 0 Å². The van der Waals surface area contributed by atoms with Crippen molar-refractivity contribution in [2.24, 2.45) is 0 Å². The first kappa shape index (κ1) is 14.4. The first-order valence-electron chi connectivity index (χ1n) is 7.00. The molecule has 19 heavy (non-hydrogen) atoms. The zero-order chi connectivity index (χ0) is 14.0. The van der Waals surface area contributed by atoms with Gasteiger partial charge in [-0.1, -0.05) is 26.8 Å². The fraction of sp³-hybridized carbons (Fsp3) is 0.625. The van der Waals surface area contributed by atoms with Gasteiger partial charge in [0.25, 0.3) is 0 Å². The summed E-state index contributed by atoms with van der Waals surface area (Å²) in [6, 6.07) is 4.72. The summed E-state index contributed by atoms with van der Waals surface area (Å²) in [7, 11) is 1.67. The maximum absolute atomic E-state index is 5.93. The molecule has 1 atom stereocenters. The van der Waals surface area contributed by atoms with Crippen molar-refractivity contribution in [2.45, 2.75) is 52.0 Å². The van der Waals surface area contributed by atoms with E-state index in [1.807, 2.05) is 0 Å². The molecule has 2 rings (SSSR count). The standard InChI is InChI=1S/C16H25NO2/c1-11-9-12(16(2,3)4)10-13-14(17-18-5)7-6-8-19-15(11)13/h9-10,14,17H,6-8H2,1-5H3. The molecule has 3 heteroatoms. The number of rotatable bonds is 2. The topological polar surface area (TPSA) is 30.5 Å². The minimum atomic E-state index is 0.143. The molecule has 0 aliphatic carbocycles. The molecule has 1 N–H and O–H groups in total. The molecule has 1 aromatic carbocycles. The van der Waals surface area contributed by atoms with Crippen molar-refractivity contribution in [3.8, 4) is 5.75 Å². The highest BCUT2D eigenvalue weighted by Gasteiger charge is 2.24. The van der Waals surface area contributed by atoms with Crippen LogP contribution in [0.1, 0.15) is 56.3 Å². The van der Waals surface area contributed by atoms with E-state index in [4.69, 9.17) is 9.57 Å². The van der Waals surface area contributed by atoms with Gasteiger partial charge in [0, 0.05) is 5.56 Å². The minimum absolute atomic E-state index is 0.143. The van der Waals surface area contributed by atoms with E-state index in [0.29, 0.717) is 0 Å². The molecule has 0 saturated carbocycles. The van der Waals surface area contributed by atoms with Crippen LogP contribution in [0.2, 0.25) is 0 Å². The second-order valence-electron chi connectivity index (χ2n) is 6.33. The summed E-state index contributed by atoms with van der Waals surface area (Å²) in [6.45, 7) is 9.63. The van der Waals surface area contributed by atoms with E-state index in [-0.39, 0.29) is 11.5 Å². The molecular formula is C16H25NO2. The number of hydroxylamine groups is 1. The molecule has 0 spiro atoms. The SMILES string of the molecule is CONC1CCCOc2c(C)cc(C(C)(C)C)cc21. The summed E-state index contributed by atoms with van der Waals surface area (Å²) in [5, 5.41) is 0. The first-order chi connectivity index (χ1) is 8.93. The Morgan fingerprint density at radius 1 is 1.32 bits per heavy atom. The van der Waals surface area contributed by atoms with Crippen LogP contribution < -0.4 is 10.2 Å². The van der Waals surface area contributed by atoms with Gasteiger partial charge in [0.1, 0.15) is 5.75 Å². The number of hydrogen-bond donors (Lipinski definition) is 1. The Balaban J connectivity index is 2.50. The second-order valence-corrected chi connectivity index (χ2v) is 6.33. The quantitative estimate of drug-likeness (QED) is 0.826. The van der Waals surface area contributed by atoms with E-state index in [1.54, 1.807) is 7.11 Å². The molecule has 0 bridgehead atoms. The third-order valence-corrected chi connectivity index (χ3v) is 3.69. The van der Waals surface area contributed by atoms with Crippen molar-refractivity contribution < 1.29 is 9.57 Å². The molecule has 1 aromatic rings. The Kier molecular flexibility index (Phi) is 4.16. The van der Waals surface area contributed by atoms with Crippen LogP contribution in [0.25, 0.3) is 0 Å². The molecule has 0 aromatic heterocycles. The number of ether oxygens (including phenoxy) is 1. The van der Waals surface area contributed by atoms with Crippen molar-refractivity contribution in [1.82, 2.24) is 5.48 Å². The Labute approximate surface area is 116 Å². The molecule has 0 radical (unpaired) electrons. The van der Waals surface area contributed by atoms with E-state index in [1.165, 1.54) is 16.7 Å². The normalized spacial score (nSPS) is 19.5. The van der Waals surface area contributed by atoms with Crippen LogP contribution in [0.4, 0.5) is 0 Å². The van der Waals surface area contributed by atoms with Crippen molar-refractivity contribution in [1.29, 1.82) is 0 Å². The lowest BCUT2D eigenvalue weighted by Crippen LogP contribution is -2.21. The zero-order valence-corrected chi connectivity index (χ0v) is 12.7. The summed E-state index contributed by atoms with van der Waals surface area (Å²) < 4.78 is 5.93. The lowest BCUT2D eigenvalue weighted by atomic mass is 9.83. The van der Waals surface area contributed by atoms with Crippen LogP contribution in [0, 0.1) is 6.92 Å². The van der Waals surface area contributed by atoms with Crippen LogP contribution in [-0.2, 0) is 10.3 Å². The van der Waals surface area contributed by atoms with Crippen molar-refractivity contribution in [3.63, 3.8) is 0 Å². The van der Waals surface area contributed by atoms with Gasteiger partial charge in [0.05, 0.1) is 19.8 Å². The van der Waals surface area contributed by atoms with Crippen LogP contribution in [-0.4, -0.2) is 13.7 Å². The fourth-order valence-electron chi connectivity index (χ4n) is 2.57. The molecule has 0 fully saturated rings. The first-order valence-corrected chi connectivity index (χ1v) is 7.00. The van der Waals surface area contributed by atoms with Crippen molar-refractivity contribution in [3.05, 3.63) is 28.8 Å². The highest BCUT2D eigenvalue weighted by Crippen LogP contribution is 2.38. The maximum Gasteiger partial charge on any atom is 0.127 e. The summed E-state index contributed by atoms with van der Waals surface area (Å²) in [6.07, 6.45) is 2.08. The predicted octanol–water partition coefficient (Wildman–Crippen LogP) is 3.66. The minimum Gasteiger partial charge on any atom is -0.493 e. The van der Waals surface area contributed by atoms with Gasteiger partial charge in [0.2, 0.25) is 0 Å². The van der Waals surface area contributed by atoms with E-state index >= 15 is 0 Å². The van der Waals surface area contributed by atoms with Crippen LogP contribution in [0.5, 0.6) is 5.75 Å². The largest absolute Gasteiger partial charge is 0.493 e. The van der Waals surface area contributed by atoms with Gasteiger partial charge in [-0.25, -0.2) is 0 Å². The molecule has 1 unspecified atom stereocenters. The summed E-state index contributed by atoms with van der Waals surface area (Å²) in [5.41, 5.74) is 7.03. The van der Waals surface area contributed by atoms with E-state index in [9.17, 15) is 0 Å². The van der Waals surface area contributed by atoms with Gasteiger partial charge >= 0.3 is 0 Å². The Morgan fingerprint density at radius 2 is 2.05 bits per heavy atom. The highest BCUT2D eigenvalue weighted by atomic mass is 16.6. The van der Waals surface area contributed by atoms with E-state index < -0.39 is 0 Å². The molecule has 0 amide bonds. The Hall–Kier alpha value is -1.06. The van der Waals surface area contributed by atoms with Gasteiger partial charge in [-0.2, -0.15) is 5.48 Å². The Morgan fingerprint density at radius 3 is 2.68 bits per heavy atom. The average molecular weight is 263 g/mol. The summed E-state index contributed by atoms with van der Waals surface area (Å²) >= 11 is 0. The number of aryl methyl sites for hydroxylation is 1. The van der Waals surface area contributed by atoms with Gasteiger partial charge in [0.15, 0.2) is 0 Å². The summed E-state index contributed by atoms with van der Waals surface area (Å²) in [4.78, 5) is 5.15. The molecule has 0 saturated heterocycles. The number of fused-ring (bicyclic) bond motifs is 1. The average Bonchev–Trinajstić information content (AvgIpc) is 2.52. The molecule has 1 aliphatic heterocycles. The fourth-order valence-corrected chi connectivity index (χ4v) is 2.57. The number of nitrogens with one attached hydrogen (secondary N) is 1. The van der Waals surface area contributed by atoms with Crippen molar-refractivity contribution in [2.75, 3.05) is 13.7 Å². The monoisotopic (exact) mass is 263 g/mol. The molecule has 1 heterocycles. The highest BCUT2D eigenvalue weighted by molar-refractivity contribution is 5.47. The lowest BCUT2D eigenvalue weighted by Gasteiger charge is -2.25. The van der Waals surface area contributed by atoms with E-state index in [2.05, 4.69) is 45.3 Å². The summed E-state index contributed by atoms with van der Waals surface area (Å²) in [5.74, 6) is 1.03. The van der Waals surface area contributed by atoms with Crippen LogP contribution in [0.3, 0.4) is 0 Å². The third-order valence-electron chi connectivity index (χ3n) is 3.69. The van der Waals surface area contributed by atoms with Gasteiger partial charge in [-0.15, -0.1) is 0 Å². The van der Waals surface area contributed by atoms with Gasteiger partial charge < -0.3 is 9.57 Å². The molecule has 3 nitrogen and oxygen atoms in total. The predicted molar refractivity (Wildman–Crippen MR) is 77.5 cm³/mol. The van der Waals surface area contributed by atoms with E-state index in [0.717, 1.165) is 25.2 Å². The molecule has 106 valence electrons. The maximum atomic E-state index is 5.93. The molecule has 1 aliphatic rings. The third kappa shape index (κ3) is 3.10. The van der Waals surface area contributed by atoms with Gasteiger partial charge in [-0.3, -0.25) is 0 Å². The van der Waals surface area contributed by atoms with Crippen molar-refractivity contribution >= 4 is 0 Å². The zero-order valence-electron chi connectivity index (χ0n) is 12.7. The number of hydrogen-bond acceptors (Lipinski definition) is 3.